The van der Waals surface area contributed by atoms with Crippen molar-refractivity contribution in [2.45, 2.75) is 97.4 Å². The maximum Gasteiger partial charge on any atom is 0.160 e. The van der Waals surface area contributed by atoms with Crippen LogP contribution in [-0.4, -0.2) is 29.0 Å². The second-order valence-corrected chi connectivity index (χ2v) is 9.57. The zero-order valence-electron chi connectivity index (χ0n) is 19.3. The fraction of sp³-hybridized carbons (Fsp3) is 0.760. The molecule has 168 valence electrons. The molecule has 0 spiro atoms. The normalized spacial score (nSPS) is 13.8. The molecule has 4 heteroatoms. The zero-order chi connectivity index (χ0) is 21.7. The van der Waals surface area contributed by atoms with Crippen molar-refractivity contribution in [3.63, 3.8) is 0 Å². The van der Waals surface area contributed by atoms with E-state index >= 15 is 0 Å². The highest BCUT2D eigenvalue weighted by Gasteiger charge is 2.25. The van der Waals surface area contributed by atoms with Gasteiger partial charge in [-0.05, 0) is 55.2 Å². The minimum Gasteiger partial charge on any atom is -0.504 e. The molecule has 1 atom stereocenters. The lowest BCUT2D eigenvalue weighted by molar-refractivity contribution is 0.165. The van der Waals surface area contributed by atoms with Crippen molar-refractivity contribution in [1.29, 1.82) is 0 Å². The van der Waals surface area contributed by atoms with Gasteiger partial charge in [-0.15, -0.1) is 0 Å². The minimum atomic E-state index is -0.562. The quantitative estimate of drug-likeness (QED) is 0.302. The van der Waals surface area contributed by atoms with E-state index in [0.717, 1.165) is 30.7 Å². The Labute approximate surface area is 178 Å². The molecule has 0 heterocycles. The van der Waals surface area contributed by atoms with Crippen molar-refractivity contribution in [3.8, 4) is 11.5 Å². The van der Waals surface area contributed by atoms with Gasteiger partial charge in [-0.25, -0.2) is 0 Å². The Hall–Kier alpha value is -1.26. The van der Waals surface area contributed by atoms with Gasteiger partial charge in [0.05, 0.1) is 13.2 Å². The zero-order valence-corrected chi connectivity index (χ0v) is 19.3. The summed E-state index contributed by atoms with van der Waals surface area (Å²) in [5, 5.41) is 19.9. The molecule has 0 unspecified atom stereocenters. The van der Waals surface area contributed by atoms with Crippen LogP contribution >= 0.6 is 0 Å². The van der Waals surface area contributed by atoms with E-state index in [1.807, 2.05) is 12.1 Å². The van der Waals surface area contributed by atoms with E-state index in [1.165, 1.54) is 38.5 Å². The number of ether oxygens (including phenoxy) is 1. The second-order valence-electron chi connectivity index (χ2n) is 9.57. The molecule has 0 radical (unpaired) electrons. The maximum atomic E-state index is 10.3. The van der Waals surface area contributed by atoms with Gasteiger partial charge in [0.1, 0.15) is 0 Å². The van der Waals surface area contributed by atoms with Crippen LogP contribution in [0.2, 0.25) is 0 Å². The third kappa shape index (κ3) is 11.5. The van der Waals surface area contributed by atoms with Gasteiger partial charge in [-0.3, -0.25) is 0 Å². The van der Waals surface area contributed by atoms with E-state index in [-0.39, 0.29) is 12.4 Å². The molecule has 4 nitrogen and oxygen atoms in total. The Bertz CT molecular complexity index is 559. The van der Waals surface area contributed by atoms with Crippen LogP contribution in [0.5, 0.6) is 11.5 Å². The first-order valence-electron chi connectivity index (χ1n) is 11.6. The van der Waals surface area contributed by atoms with Gasteiger partial charge >= 0.3 is 0 Å². The van der Waals surface area contributed by atoms with Crippen molar-refractivity contribution < 1.29 is 14.9 Å². The number of aliphatic hydroxyl groups is 1. The van der Waals surface area contributed by atoms with Crippen LogP contribution in [-0.2, 0) is 6.42 Å². The molecule has 0 aliphatic carbocycles. The van der Waals surface area contributed by atoms with Crippen LogP contribution in [0.4, 0.5) is 0 Å². The van der Waals surface area contributed by atoms with Crippen LogP contribution in [0.15, 0.2) is 18.2 Å². The molecule has 0 amide bonds. The fourth-order valence-electron chi connectivity index (χ4n) is 3.84. The summed E-state index contributed by atoms with van der Waals surface area (Å²) in [5.41, 5.74) is 6.78. The number of unbranched alkanes of at least 4 members (excludes halogenated alkanes) is 5. The summed E-state index contributed by atoms with van der Waals surface area (Å²) >= 11 is 0. The number of hydrogen-bond donors (Lipinski definition) is 3. The number of nitrogens with two attached hydrogens (primary N) is 1. The average molecular weight is 408 g/mol. The van der Waals surface area contributed by atoms with Crippen molar-refractivity contribution in [2.75, 3.05) is 13.2 Å². The molecule has 29 heavy (non-hydrogen) atoms. The lowest BCUT2D eigenvalue weighted by atomic mass is 9.85. The highest BCUT2D eigenvalue weighted by molar-refractivity contribution is 5.41. The van der Waals surface area contributed by atoms with Gasteiger partial charge < -0.3 is 20.7 Å². The number of phenolic OH excluding ortho intramolecular Hbond substituents is 1. The first-order valence-corrected chi connectivity index (χ1v) is 11.6. The van der Waals surface area contributed by atoms with Crippen molar-refractivity contribution in [1.82, 2.24) is 0 Å². The van der Waals surface area contributed by atoms with Crippen LogP contribution < -0.4 is 10.5 Å². The minimum absolute atomic E-state index is 0.0178. The summed E-state index contributed by atoms with van der Waals surface area (Å²) in [5.74, 6) is 1.99. The Balaban J connectivity index is 2.29. The molecule has 0 aliphatic heterocycles. The molecule has 0 saturated carbocycles. The van der Waals surface area contributed by atoms with Crippen molar-refractivity contribution in [2.24, 2.45) is 17.6 Å². The lowest BCUT2D eigenvalue weighted by Gasteiger charge is -2.29. The van der Waals surface area contributed by atoms with Crippen molar-refractivity contribution >= 4 is 0 Å². The standard InChI is InChI=1S/C25H45NO3/c1-20(2)11-9-7-5-6-8-10-16-29-24-13-12-22(17-23(24)28)14-15-25(26,19-27)18-21(3)4/h12-13,17,20-21,27-28H,5-11,14-16,18-19,26H2,1-4H3/t25-/m0/s1. The molecule has 0 bridgehead atoms. The third-order valence-corrected chi connectivity index (χ3v) is 5.50. The summed E-state index contributed by atoms with van der Waals surface area (Å²) < 4.78 is 5.76. The summed E-state index contributed by atoms with van der Waals surface area (Å²) in [7, 11) is 0. The Morgan fingerprint density at radius 2 is 1.62 bits per heavy atom. The predicted molar refractivity (Wildman–Crippen MR) is 123 cm³/mol. The van der Waals surface area contributed by atoms with Crippen LogP contribution in [0.3, 0.4) is 0 Å². The predicted octanol–water partition coefficient (Wildman–Crippen LogP) is 5.83. The summed E-state index contributed by atoms with van der Waals surface area (Å²) in [6.07, 6.45) is 11.0. The number of rotatable bonds is 16. The Morgan fingerprint density at radius 3 is 2.21 bits per heavy atom. The molecule has 1 aromatic carbocycles. The average Bonchev–Trinajstić information content (AvgIpc) is 2.65. The van der Waals surface area contributed by atoms with Gasteiger partial charge in [0.25, 0.3) is 0 Å². The smallest absolute Gasteiger partial charge is 0.160 e. The van der Waals surface area contributed by atoms with E-state index in [1.54, 1.807) is 6.07 Å². The molecule has 1 aromatic rings. The molecular weight excluding hydrogens is 362 g/mol. The van der Waals surface area contributed by atoms with Crippen molar-refractivity contribution in [3.05, 3.63) is 23.8 Å². The largest absolute Gasteiger partial charge is 0.504 e. The Kier molecular flexibility index (Phi) is 12.3. The maximum absolute atomic E-state index is 10.3. The highest BCUT2D eigenvalue weighted by atomic mass is 16.5. The van der Waals surface area contributed by atoms with E-state index in [9.17, 15) is 10.2 Å². The summed E-state index contributed by atoms with van der Waals surface area (Å²) in [4.78, 5) is 0. The monoisotopic (exact) mass is 407 g/mol. The molecule has 4 N–H and O–H groups in total. The molecule has 0 saturated heterocycles. The topological polar surface area (TPSA) is 75.7 Å². The van der Waals surface area contributed by atoms with E-state index in [2.05, 4.69) is 27.7 Å². The Morgan fingerprint density at radius 1 is 0.966 bits per heavy atom. The van der Waals surface area contributed by atoms with Crippen LogP contribution in [0, 0.1) is 11.8 Å². The lowest BCUT2D eigenvalue weighted by Crippen LogP contribution is -2.45. The van der Waals surface area contributed by atoms with Gasteiger partial charge in [0, 0.05) is 5.54 Å². The van der Waals surface area contributed by atoms with Gasteiger partial charge in [-0.1, -0.05) is 72.3 Å². The SMILES string of the molecule is CC(C)CCCCCCCCOc1ccc(CC[C@@](N)(CO)CC(C)C)cc1O. The fourth-order valence-corrected chi connectivity index (χ4v) is 3.84. The number of phenols is 1. The second kappa shape index (κ2) is 13.9. The number of benzene rings is 1. The highest BCUT2D eigenvalue weighted by Crippen LogP contribution is 2.29. The molecule has 0 fully saturated rings. The molecule has 1 rings (SSSR count). The van der Waals surface area contributed by atoms with E-state index in [4.69, 9.17) is 10.5 Å². The summed E-state index contributed by atoms with van der Waals surface area (Å²) in [6.45, 7) is 9.42. The van der Waals surface area contributed by atoms with Crippen LogP contribution in [0.25, 0.3) is 0 Å². The number of aliphatic hydroxyl groups excluding tert-OH is 1. The number of hydrogen-bond acceptors (Lipinski definition) is 4. The van der Waals surface area contributed by atoms with E-state index < -0.39 is 5.54 Å². The number of aryl methyl sites for hydroxylation is 1. The first-order chi connectivity index (χ1) is 13.8. The summed E-state index contributed by atoms with van der Waals surface area (Å²) in [6, 6.07) is 5.59. The third-order valence-electron chi connectivity index (χ3n) is 5.50. The van der Waals surface area contributed by atoms with Gasteiger partial charge in [-0.2, -0.15) is 0 Å². The first kappa shape index (κ1) is 25.8. The van der Waals surface area contributed by atoms with Crippen LogP contribution in [0.1, 0.15) is 91.0 Å². The molecule has 0 aliphatic rings. The van der Waals surface area contributed by atoms with E-state index in [0.29, 0.717) is 24.7 Å². The molecule has 0 aromatic heterocycles. The van der Waals surface area contributed by atoms with Gasteiger partial charge in [0.15, 0.2) is 11.5 Å². The molecular formula is C25H45NO3. The number of aromatic hydroxyl groups is 1. The van der Waals surface area contributed by atoms with Gasteiger partial charge in [0.2, 0.25) is 0 Å².